The number of nitrogens with one attached hydrogen (secondary N) is 1. The maximum absolute atomic E-state index is 12.9. The van der Waals surface area contributed by atoms with Crippen molar-refractivity contribution in [1.29, 1.82) is 5.26 Å². The average molecular weight is 424 g/mol. The molecule has 0 aromatic carbocycles. The number of aliphatic hydroxyl groups excluding tert-OH is 1. The highest BCUT2D eigenvalue weighted by atomic mass is 16.5. The summed E-state index contributed by atoms with van der Waals surface area (Å²) in [5.74, 6) is 0.417. The standard InChI is InChI=1S/C20H20N6O5/c21-7-14-8-22-19(24-18(14)31-15-3-5-30-11-15)25-20(29)26-4-1-2-12-6-13(9-27)16(10-28)23-17(12)26/h6,8,10,15,27H,1-5,9,11H2,(H,22,24,25,29). The summed E-state index contributed by atoms with van der Waals surface area (Å²) in [6, 6.07) is 3.14. The van der Waals surface area contributed by atoms with Gasteiger partial charge in [0.05, 0.1) is 26.0 Å². The molecule has 0 aliphatic carbocycles. The number of anilines is 2. The number of hydrogen-bond donors (Lipinski definition) is 2. The second-order valence-corrected chi connectivity index (χ2v) is 7.10. The third kappa shape index (κ3) is 4.30. The fraction of sp³-hybridized carbons (Fsp3) is 0.400. The number of pyridine rings is 1. The van der Waals surface area contributed by atoms with E-state index in [4.69, 9.17) is 9.47 Å². The first-order valence-electron chi connectivity index (χ1n) is 9.81. The molecule has 2 N–H and O–H groups in total. The van der Waals surface area contributed by atoms with Gasteiger partial charge in [-0.2, -0.15) is 10.2 Å². The Bertz CT molecular complexity index is 1050. The summed E-state index contributed by atoms with van der Waals surface area (Å²) in [5, 5.41) is 21.3. The number of urea groups is 1. The monoisotopic (exact) mass is 424 g/mol. The van der Waals surface area contributed by atoms with E-state index in [1.54, 1.807) is 6.07 Å². The van der Waals surface area contributed by atoms with Crippen LogP contribution in [0.2, 0.25) is 0 Å². The Kier molecular flexibility index (Phi) is 6.01. The molecule has 0 bridgehead atoms. The summed E-state index contributed by atoms with van der Waals surface area (Å²) in [7, 11) is 0. The van der Waals surface area contributed by atoms with E-state index in [9.17, 15) is 20.0 Å². The van der Waals surface area contributed by atoms with Gasteiger partial charge in [0.25, 0.3) is 0 Å². The highest BCUT2D eigenvalue weighted by Crippen LogP contribution is 2.28. The van der Waals surface area contributed by atoms with Crippen LogP contribution in [0.3, 0.4) is 0 Å². The molecule has 0 spiro atoms. The minimum atomic E-state index is -0.526. The Labute approximate surface area is 177 Å². The molecule has 2 aliphatic rings. The number of ether oxygens (including phenoxy) is 2. The number of fused-ring (bicyclic) bond motifs is 1. The van der Waals surface area contributed by atoms with Gasteiger partial charge in [0.2, 0.25) is 11.8 Å². The third-order valence-electron chi connectivity index (χ3n) is 5.06. The van der Waals surface area contributed by atoms with Crippen molar-refractivity contribution in [3.8, 4) is 11.9 Å². The van der Waals surface area contributed by atoms with Gasteiger partial charge in [0, 0.05) is 18.5 Å². The van der Waals surface area contributed by atoms with E-state index in [0.717, 1.165) is 5.56 Å². The van der Waals surface area contributed by atoms with Gasteiger partial charge in [-0.05, 0) is 24.5 Å². The maximum atomic E-state index is 12.9. The van der Waals surface area contributed by atoms with Gasteiger partial charge in [0.15, 0.2) is 6.29 Å². The molecule has 2 aliphatic heterocycles. The highest BCUT2D eigenvalue weighted by molar-refractivity contribution is 6.01. The summed E-state index contributed by atoms with van der Waals surface area (Å²) in [4.78, 5) is 38.1. The van der Waals surface area contributed by atoms with Gasteiger partial charge in [-0.25, -0.2) is 14.8 Å². The molecule has 31 heavy (non-hydrogen) atoms. The van der Waals surface area contributed by atoms with Gasteiger partial charge >= 0.3 is 6.03 Å². The Morgan fingerprint density at radius 3 is 3.06 bits per heavy atom. The van der Waals surface area contributed by atoms with Crippen molar-refractivity contribution in [2.24, 2.45) is 0 Å². The van der Waals surface area contributed by atoms with Crippen LogP contribution in [0, 0.1) is 11.3 Å². The third-order valence-corrected chi connectivity index (χ3v) is 5.06. The number of rotatable bonds is 5. The summed E-state index contributed by atoms with van der Waals surface area (Å²) < 4.78 is 11.0. The molecule has 2 amide bonds. The van der Waals surface area contributed by atoms with Crippen LogP contribution in [0.4, 0.5) is 16.6 Å². The number of amides is 2. The van der Waals surface area contributed by atoms with Crippen LogP contribution in [0.5, 0.6) is 5.88 Å². The molecule has 1 atom stereocenters. The minimum Gasteiger partial charge on any atom is -0.471 e. The van der Waals surface area contributed by atoms with Gasteiger partial charge in [0.1, 0.15) is 29.2 Å². The summed E-state index contributed by atoms with van der Waals surface area (Å²) in [6.45, 7) is 1.06. The molecule has 11 nitrogen and oxygen atoms in total. The second-order valence-electron chi connectivity index (χ2n) is 7.10. The van der Waals surface area contributed by atoms with E-state index in [2.05, 4.69) is 20.3 Å². The van der Waals surface area contributed by atoms with Gasteiger partial charge in [-0.3, -0.25) is 15.0 Å². The predicted octanol–water partition coefficient (Wildman–Crippen LogP) is 1.20. The molecular weight excluding hydrogens is 404 g/mol. The van der Waals surface area contributed by atoms with Crippen LogP contribution in [-0.4, -0.2) is 58.2 Å². The molecule has 11 heteroatoms. The molecule has 2 aromatic heterocycles. The van der Waals surface area contributed by atoms with E-state index in [1.165, 1.54) is 11.1 Å². The van der Waals surface area contributed by atoms with E-state index >= 15 is 0 Å². The van der Waals surface area contributed by atoms with Crippen molar-refractivity contribution in [1.82, 2.24) is 15.0 Å². The summed E-state index contributed by atoms with van der Waals surface area (Å²) in [6.07, 6.45) is 3.67. The number of aldehydes is 1. The lowest BCUT2D eigenvalue weighted by Crippen LogP contribution is -2.40. The molecular formula is C20H20N6O5. The zero-order chi connectivity index (χ0) is 21.8. The van der Waals surface area contributed by atoms with Crippen LogP contribution in [0.1, 0.15) is 40.0 Å². The van der Waals surface area contributed by atoms with E-state index in [0.29, 0.717) is 56.7 Å². The topological polar surface area (TPSA) is 151 Å². The Hall–Kier alpha value is -3.62. The lowest BCUT2D eigenvalue weighted by Gasteiger charge is -2.28. The Morgan fingerprint density at radius 2 is 2.35 bits per heavy atom. The van der Waals surface area contributed by atoms with Crippen molar-refractivity contribution < 1.29 is 24.2 Å². The zero-order valence-corrected chi connectivity index (χ0v) is 16.6. The van der Waals surface area contributed by atoms with Crippen molar-refractivity contribution in [3.63, 3.8) is 0 Å². The van der Waals surface area contributed by atoms with E-state index < -0.39 is 6.03 Å². The fourth-order valence-electron chi connectivity index (χ4n) is 3.50. The number of aryl methyl sites for hydroxylation is 1. The number of aromatic nitrogens is 3. The first-order chi connectivity index (χ1) is 15.1. The summed E-state index contributed by atoms with van der Waals surface area (Å²) in [5.41, 5.74) is 1.43. The fourth-order valence-corrected chi connectivity index (χ4v) is 3.50. The van der Waals surface area contributed by atoms with E-state index in [1.807, 2.05) is 6.07 Å². The number of nitriles is 1. The first-order valence-corrected chi connectivity index (χ1v) is 9.81. The predicted molar refractivity (Wildman–Crippen MR) is 107 cm³/mol. The molecule has 1 unspecified atom stereocenters. The number of aliphatic hydroxyl groups is 1. The van der Waals surface area contributed by atoms with E-state index in [-0.39, 0.29) is 35.8 Å². The SMILES string of the molecule is N#Cc1cnc(NC(=O)N2CCCc3cc(CO)c(C=O)nc32)nc1OC1CCOC1. The molecule has 1 fully saturated rings. The average Bonchev–Trinajstić information content (AvgIpc) is 3.31. The zero-order valence-electron chi connectivity index (χ0n) is 16.6. The van der Waals surface area contributed by atoms with Crippen LogP contribution in [0.15, 0.2) is 12.3 Å². The first kappa shape index (κ1) is 20.6. The van der Waals surface area contributed by atoms with Crippen molar-refractivity contribution >= 4 is 24.1 Å². The normalized spacial score (nSPS) is 17.5. The Morgan fingerprint density at radius 1 is 1.48 bits per heavy atom. The van der Waals surface area contributed by atoms with Crippen molar-refractivity contribution in [2.45, 2.75) is 32.0 Å². The van der Waals surface area contributed by atoms with Gasteiger partial charge in [-0.1, -0.05) is 0 Å². The quantitative estimate of drug-likeness (QED) is 0.675. The molecule has 160 valence electrons. The van der Waals surface area contributed by atoms with Gasteiger partial charge in [-0.15, -0.1) is 0 Å². The van der Waals surface area contributed by atoms with Gasteiger partial charge < -0.3 is 14.6 Å². The van der Waals surface area contributed by atoms with Crippen LogP contribution >= 0.6 is 0 Å². The molecule has 0 radical (unpaired) electrons. The van der Waals surface area contributed by atoms with Crippen molar-refractivity contribution in [2.75, 3.05) is 30.0 Å². The lowest BCUT2D eigenvalue weighted by atomic mass is 10.0. The largest absolute Gasteiger partial charge is 0.471 e. The summed E-state index contributed by atoms with van der Waals surface area (Å²) >= 11 is 0. The highest BCUT2D eigenvalue weighted by Gasteiger charge is 2.27. The molecule has 2 aromatic rings. The molecule has 4 heterocycles. The number of carbonyl (C=O) groups is 2. The number of carbonyl (C=O) groups excluding carboxylic acids is 2. The molecule has 1 saturated heterocycles. The number of hydrogen-bond acceptors (Lipinski definition) is 9. The molecule has 4 rings (SSSR count). The van der Waals surface area contributed by atoms with Crippen LogP contribution in [0.25, 0.3) is 0 Å². The number of nitrogens with zero attached hydrogens (tertiary/aromatic N) is 5. The lowest BCUT2D eigenvalue weighted by molar-refractivity contribution is 0.111. The maximum Gasteiger partial charge on any atom is 0.329 e. The molecule has 0 saturated carbocycles. The smallest absolute Gasteiger partial charge is 0.329 e. The van der Waals surface area contributed by atoms with Crippen molar-refractivity contribution in [3.05, 3.63) is 34.6 Å². The minimum absolute atomic E-state index is 0.0207. The van der Waals surface area contributed by atoms with Crippen LogP contribution in [-0.2, 0) is 17.8 Å². The van der Waals surface area contributed by atoms with Crippen LogP contribution < -0.4 is 15.0 Å². The second kappa shape index (κ2) is 9.03. The Balaban J connectivity index is 1.56.